The minimum atomic E-state index is 0.460. The summed E-state index contributed by atoms with van der Waals surface area (Å²) < 4.78 is 3.96. The molecule has 7 heteroatoms. The SMILES string of the molecule is CCN(C)[C@@H]1CCCC(n2cc(-c3cnc(-c4cccc(-c5cnn(C)c5)c4)nc3)cn2)C1. The van der Waals surface area contributed by atoms with Crippen molar-refractivity contribution in [1.82, 2.24) is 34.4 Å². The number of aromatic nitrogens is 6. The van der Waals surface area contributed by atoms with E-state index in [9.17, 15) is 0 Å². The normalized spacial score (nSPS) is 18.7. The first-order valence-corrected chi connectivity index (χ1v) is 11.8. The third-order valence-corrected chi connectivity index (χ3v) is 6.86. The fraction of sp³-hybridized carbons (Fsp3) is 0.385. The van der Waals surface area contributed by atoms with Gasteiger partial charge < -0.3 is 4.90 Å². The van der Waals surface area contributed by atoms with Crippen LogP contribution in [0.5, 0.6) is 0 Å². The largest absolute Gasteiger partial charge is 0.304 e. The van der Waals surface area contributed by atoms with Crippen LogP contribution in [0.25, 0.3) is 33.6 Å². The Morgan fingerprint density at radius 1 is 0.909 bits per heavy atom. The van der Waals surface area contributed by atoms with Crippen molar-refractivity contribution >= 4 is 0 Å². The van der Waals surface area contributed by atoms with E-state index < -0.39 is 0 Å². The molecule has 0 radical (unpaired) electrons. The fourth-order valence-electron chi connectivity index (χ4n) is 4.76. The van der Waals surface area contributed by atoms with E-state index in [1.807, 2.05) is 54.8 Å². The molecule has 3 aromatic heterocycles. The molecule has 1 aromatic carbocycles. The van der Waals surface area contributed by atoms with Gasteiger partial charge in [-0.25, -0.2) is 9.97 Å². The Morgan fingerprint density at radius 3 is 2.42 bits per heavy atom. The molecule has 4 aromatic rings. The molecule has 3 heterocycles. The number of rotatable bonds is 6. The van der Waals surface area contributed by atoms with Gasteiger partial charge in [-0.1, -0.05) is 25.1 Å². The molecule has 170 valence electrons. The number of benzene rings is 1. The summed E-state index contributed by atoms with van der Waals surface area (Å²) in [6.07, 6.45) is 16.7. The van der Waals surface area contributed by atoms with E-state index in [1.54, 1.807) is 0 Å². The zero-order chi connectivity index (χ0) is 22.8. The van der Waals surface area contributed by atoms with Crippen molar-refractivity contribution in [3.63, 3.8) is 0 Å². The highest BCUT2D eigenvalue weighted by Gasteiger charge is 2.26. The molecule has 1 saturated carbocycles. The number of nitrogens with zero attached hydrogens (tertiary/aromatic N) is 7. The summed E-state index contributed by atoms with van der Waals surface area (Å²) in [6.45, 7) is 3.32. The Kier molecular flexibility index (Phi) is 6.05. The molecular weight excluding hydrogens is 410 g/mol. The second-order valence-corrected chi connectivity index (χ2v) is 9.04. The van der Waals surface area contributed by atoms with Crippen LogP contribution in [-0.2, 0) is 7.05 Å². The zero-order valence-corrected chi connectivity index (χ0v) is 19.6. The van der Waals surface area contributed by atoms with Crippen LogP contribution in [-0.4, -0.2) is 54.1 Å². The maximum atomic E-state index is 4.70. The molecule has 5 rings (SSSR count). The van der Waals surface area contributed by atoms with Crippen molar-refractivity contribution in [3.8, 4) is 33.6 Å². The van der Waals surface area contributed by atoms with Crippen LogP contribution in [0, 0.1) is 0 Å². The summed E-state index contributed by atoms with van der Waals surface area (Å²) in [5.74, 6) is 0.717. The molecule has 0 saturated heterocycles. The van der Waals surface area contributed by atoms with E-state index in [2.05, 4.69) is 56.9 Å². The topological polar surface area (TPSA) is 64.7 Å². The van der Waals surface area contributed by atoms with E-state index in [0.717, 1.165) is 46.6 Å². The first-order valence-electron chi connectivity index (χ1n) is 11.8. The summed E-state index contributed by atoms with van der Waals surface area (Å²) >= 11 is 0. The van der Waals surface area contributed by atoms with Crippen molar-refractivity contribution in [2.75, 3.05) is 13.6 Å². The Hall–Kier alpha value is -3.32. The van der Waals surface area contributed by atoms with Crippen LogP contribution in [0.2, 0.25) is 0 Å². The molecule has 1 unspecified atom stereocenters. The second kappa shape index (κ2) is 9.27. The maximum Gasteiger partial charge on any atom is 0.159 e. The third kappa shape index (κ3) is 4.59. The van der Waals surface area contributed by atoms with Crippen molar-refractivity contribution in [2.45, 2.75) is 44.7 Å². The van der Waals surface area contributed by atoms with Crippen LogP contribution in [0.15, 0.2) is 61.4 Å². The Bertz CT molecular complexity index is 1210. The van der Waals surface area contributed by atoms with Gasteiger partial charge in [-0.2, -0.15) is 10.2 Å². The van der Waals surface area contributed by atoms with Gasteiger partial charge in [0, 0.05) is 60.1 Å². The molecule has 1 fully saturated rings. The lowest BCUT2D eigenvalue weighted by Crippen LogP contribution is -2.36. The molecule has 2 atom stereocenters. The maximum absolute atomic E-state index is 4.70. The summed E-state index contributed by atoms with van der Waals surface area (Å²) in [6, 6.07) is 9.37. The van der Waals surface area contributed by atoms with E-state index in [0.29, 0.717) is 12.1 Å². The van der Waals surface area contributed by atoms with Gasteiger partial charge in [0.2, 0.25) is 0 Å². The van der Waals surface area contributed by atoms with Crippen LogP contribution in [0.3, 0.4) is 0 Å². The first-order chi connectivity index (χ1) is 16.1. The van der Waals surface area contributed by atoms with E-state index in [4.69, 9.17) is 5.10 Å². The number of hydrogen-bond donors (Lipinski definition) is 0. The average molecular weight is 442 g/mol. The van der Waals surface area contributed by atoms with E-state index in [1.165, 1.54) is 19.3 Å². The highest BCUT2D eigenvalue weighted by Crippen LogP contribution is 2.32. The monoisotopic (exact) mass is 441 g/mol. The van der Waals surface area contributed by atoms with Gasteiger partial charge in [0.1, 0.15) is 0 Å². The second-order valence-electron chi connectivity index (χ2n) is 9.04. The van der Waals surface area contributed by atoms with Gasteiger partial charge in [-0.05, 0) is 50.9 Å². The highest BCUT2D eigenvalue weighted by molar-refractivity contribution is 5.70. The highest BCUT2D eigenvalue weighted by atomic mass is 15.3. The van der Waals surface area contributed by atoms with Crippen molar-refractivity contribution in [2.24, 2.45) is 7.05 Å². The Balaban J connectivity index is 1.32. The van der Waals surface area contributed by atoms with Gasteiger partial charge in [-0.3, -0.25) is 9.36 Å². The predicted octanol–water partition coefficient (Wildman–Crippen LogP) is 4.84. The van der Waals surface area contributed by atoms with Gasteiger partial charge in [0.05, 0.1) is 18.4 Å². The van der Waals surface area contributed by atoms with Crippen molar-refractivity contribution in [3.05, 3.63) is 61.4 Å². The summed E-state index contributed by atoms with van der Waals surface area (Å²) in [7, 11) is 4.15. The molecule has 0 N–H and O–H groups in total. The lowest BCUT2D eigenvalue weighted by Gasteiger charge is -2.34. The van der Waals surface area contributed by atoms with Crippen molar-refractivity contribution in [1.29, 1.82) is 0 Å². The van der Waals surface area contributed by atoms with E-state index in [-0.39, 0.29) is 0 Å². The quantitative estimate of drug-likeness (QED) is 0.428. The lowest BCUT2D eigenvalue weighted by molar-refractivity contribution is 0.161. The average Bonchev–Trinajstić information content (AvgIpc) is 3.53. The fourth-order valence-corrected chi connectivity index (χ4v) is 4.76. The minimum Gasteiger partial charge on any atom is -0.304 e. The molecular formula is C26H31N7. The Labute approximate surface area is 195 Å². The number of aryl methyl sites for hydroxylation is 1. The van der Waals surface area contributed by atoms with Crippen LogP contribution in [0.4, 0.5) is 0 Å². The van der Waals surface area contributed by atoms with Gasteiger partial charge in [0.15, 0.2) is 5.82 Å². The summed E-state index contributed by atoms with van der Waals surface area (Å²) in [5, 5.41) is 8.97. The molecule has 0 amide bonds. The van der Waals surface area contributed by atoms with Gasteiger partial charge >= 0.3 is 0 Å². The van der Waals surface area contributed by atoms with Gasteiger partial charge in [-0.15, -0.1) is 0 Å². The molecule has 7 nitrogen and oxygen atoms in total. The molecule has 0 bridgehead atoms. The smallest absolute Gasteiger partial charge is 0.159 e. The van der Waals surface area contributed by atoms with Crippen LogP contribution in [0.1, 0.15) is 38.6 Å². The predicted molar refractivity (Wildman–Crippen MR) is 130 cm³/mol. The van der Waals surface area contributed by atoms with Gasteiger partial charge in [0.25, 0.3) is 0 Å². The molecule has 1 aliphatic carbocycles. The van der Waals surface area contributed by atoms with Crippen molar-refractivity contribution < 1.29 is 0 Å². The minimum absolute atomic E-state index is 0.460. The standard InChI is InChI=1S/C26H31N7/c1-4-31(2)24-9-6-10-25(12-24)33-18-23(16-30-33)21-13-27-26(28-14-21)20-8-5-7-19(11-20)22-15-29-32(3)17-22/h5,7-8,11,13-18,24-25H,4,6,9-10,12H2,1-3H3/t24-,25?/m1/s1. The van der Waals surface area contributed by atoms with E-state index >= 15 is 0 Å². The molecule has 33 heavy (non-hydrogen) atoms. The van der Waals surface area contributed by atoms with Crippen LogP contribution < -0.4 is 0 Å². The summed E-state index contributed by atoms with van der Waals surface area (Å²) in [4.78, 5) is 11.8. The molecule has 0 spiro atoms. The first kappa shape index (κ1) is 21.5. The third-order valence-electron chi connectivity index (χ3n) is 6.86. The van der Waals surface area contributed by atoms with Crippen LogP contribution >= 0.6 is 0 Å². The Morgan fingerprint density at radius 2 is 1.67 bits per heavy atom. The summed E-state index contributed by atoms with van der Waals surface area (Å²) in [5.41, 5.74) is 5.24. The molecule has 1 aliphatic rings. The number of hydrogen-bond acceptors (Lipinski definition) is 5. The lowest BCUT2D eigenvalue weighted by atomic mass is 9.90. The zero-order valence-electron chi connectivity index (χ0n) is 19.6. The molecule has 0 aliphatic heterocycles.